The van der Waals surface area contributed by atoms with Crippen LogP contribution >= 0.6 is 0 Å². The van der Waals surface area contributed by atoms with Gasteiger partial charge in [0.2, 0.25) is 0 Å². The van der Waals surface area contributed by atoms with E-state index in [2.05, 4.69) is 5.32 Å². The van der Waals surface area contributed by atoms with Gasteiger partial charge in [0, 0.05) is 18.2 Å². The van der Waals surface area contributed by atoms with Crippen molar-refractivity contribution >= 4 is 0 Å². The van der Waals surface area contributed by atoms with Crippen molar-refractivity contribution in [2.75, 3.05) is 0 Å². The van der Waals surface area contributed by atoms with E-state index < -0.39 is 11.9 Å². The lowest BCUT2D eigenvalue weighted by molar-refractivity contribution is 0.237. The summed E-state index contributed by atoms with van der Waals surface area (Å²) in [5, 5.41) is 12.1. The summed E-state index contributed by atoms with van der Waals surface area (Å²) in [7, 11) is 0. The summed E-state index contributed by atoms with van der Waals surface area (Å²) >= 11 is 0. The molecule has 0 heterocycles. The van der Waals surface area contributed by atoms with Gasteiger partial charge >= 0.3 is 0 Å². The molecule has 0 saturated heterocycles. The summed E-state index contributed by atoms with van der Waals surface area (Å²) in [5.74, 6) is -0.245. The Balaban J connectivity index is 2.90. The Morgan fingerprint density at radius 3 is 2.72 bits per heavy atom. The van der Waals surface area contributed by atoms with Crippen molar-refractivity contribution in [1.29, 1.82) is 5.26 Å². The maximum Gasteiger partial charge on any atom is 0.184 e. The van der Waals surface area contributed by atoms with Crippen molar-refractivity contribution in [3.8, 4) is 11.8 Å². The lowest BCUT2D eigenvalue weighted by Crippen LogP contribution is -2.23. The van der Waals surface area contributed by atoms with Crippen LogP contribution < -0.4 is 10.1 Å². The van der Waals surface area contributed by atoms with Gasteiger partial charge in [0.25, 0.3) is 0 Å². The predicted octanol–water partition coefficient (Wildman–Crippen LogP) is 3.00. The minimum absolute atomic E-state index is 0.180. The van der Waals surface area contributed by atoms with Crippen LogP contribution in [0.2, 0.25) is 0 Å². The largest absolute Gasteiger partial charge is 0.472 e. The van der Waals surface area contributed by atoms with E-state index in [1.807, 2.05) is 26.8 Å². The van der Waals surface area contributed by atoms with Crippen molar-refractivity contribution in [3.05, 3.63) is 29.6 Å². The summed E-state index contributed by atoms with van der Waals surface area (Å²) in [6.07, 6.45) is -0.0817. The average molecular weight is 250 g/mol. The number of benzene rings is 1. The van der Waals surface area contributed by atoms with E-state index in [1.54, 1.807) is 12.1 Å². The van der Waals surface area contributed by atoms with Gasteiger partial charge in [-0.25, -0.2) is 4.39 Å². The van der Waals surface area contributed by atoms with Crippen LogP contribution in [0.25, 0.3) is 0 Å². The van der Waals surface area contributed by atoms with Crippen LogP contribution in [0.3, 0.4) is 0 Å². The van der Waals surface area contributed by atoms with Gasteiger partial charge in [-0.3, -0.25) is 0 Å². The van der Waals surface area contributed by atoms with Gasteiger partial charge in [-0.2, -0.15) is 5.26 Å². The van der Waals surface area contributed by atoms with Crippen LogP contribution in [0.4, 0.5) is 4.39 Å². The first-order valence-corrected chi connectivity index (χ1v) is 6.15. The Morgan fingerprint density at radius 2 is 2.17 bits per heavy atom. The van der Waals surface area contributed by atoms with Gasteiger partial charge < -0.3 is 10.1 Å². The molecule has 4 heteroatoms. The molecule has 0 saturated carbocycles. The smallest absolute Gasteiger partial charge is 0.184 e. The minimum Gasteiger partial charge on any atom is -0.472 e. The summed E-state index contributed by atoms with van der Waals surface area (Å²) < 4.78 is 19.2. The minimum atomic E-state index is -0.611. The van der Waals surface area contributed by atoms with Crippen LogP contribution in [0.5, 0.6) is 5.75 Å². The molecule has 1 aromatic carbocycles. The molecule has 18 heavy (non-hydrogen) atoms. The average Bonchev–Trinajstić information content (AvgIpc) is 2.35. The highest BCUT2D eigenvalue weighted by Crippen LogP contribution is 2.24. The molecule has 0 aliphatic rings. The Morgan fingerprint density at radius 1 is 1.44 bits per heavy atom. The van der Waals surface area contributed by atoms with E-state index in [0.29, 0.717) is 19.0 Å². The molecule has 0 aliphatic heterocycles. The Labute approximate surface area is 108 Å². The van der Waals surface area contributed by atoms with Crippen LogP contribution in [0.15, 0.2) is 18.2 Å². The van der Waals surface area contributed by atoms with Gasteiger partial charge in [-0.05, 0) is 12.5 Å². The van der Waals surface area contributed by atoms with Crippen LogP contribution in [-0.4, -0.2) is 12.1 Å². The van der Waals surface area contributed by atoms with E-state index in [0.717, 1.165) is 5.56 Å². The fourth-order valence-electron chi connectivity index (χ4n) is 1.48. The summed E-state index contributed by atoms with van der Waals surface area (Å²) in [6.45, 7) is 6.39. The second-order valence-corrected chi connectivity index (χ2v) is 4.41. The molecule has 1 atom stereocenters. The summed E-state index contributed by atoms with van der Waals surface area (Å²) in [4.78, 5) is 0. The second kappa shape index (κ2) is 6.97. The molecule has 1 N–H and O–H groups in total. The number of nitrogens with one attached hydrogen (secondary N) is 1. The molecule has 0 aliphatic carbocycles. The summed E-state index contributed by atoms with van der Waals surface area (Å²) in [5.41, 5.74) is 0.734. The first kappa shape index (κ1) is 14.5. The van der Waals surface area contributed by atoms with Crippen molar-refractivity contribution in [2.45, 2.75) is 45.9 Å². The second-order valence-electron chi connectivity index (χ2n) is 4.41. The van der Waals surface area contributed by atoms with Crippen molar-refractivity contribution in [1.82, 2.24) is 5.32 Å². The Bertz CT molecular complexity index is 426. The number of nitriles is 1. The van der Waals surface area contributed by atoms with Gasteiger partial charge in [0.1, 0.15) is 6.07 Å². The molecule has 1 rings (SSSR count). The molecular formula is C14H19FN2O. The van der Waals surface area contributed by atoms with E-state index in [1.165, 1.54) is 6.07 Å². The molecule has 0 spiro atoms. The lowest BCUT2D eigenvalue weighted by atomic mass is 10.1. The van der Waals surface area contributed by atoms with Gasteiger partial charge in [-0.15, -0.1) is 0 Å². The molecule has 0 fully saturated rings. The number of hydrogen-bond acceptors (Lipinski definition) is 3. The van der Waals surface area contributed by atoms with E-state index in [4.69, 9.17) is 10.00 Å². The number of halogens is 1. The van der Waals surface area contributed by atoms with E-state index in [9.17, 15) is 4.39 Å². The van der Waals surface area contributed by atoms with E-state index in [-0.39, 0.29) is 5.75 Å². The van der Waals surface area contributed by atoms with Crippen LogP contribution in [0.1, 0.15) is 32.8 Å². The molecule has 1 unspecified atom stereocenters. The van der Waals surface area contributed by atoms with E-state index >= 15 is 0 Å². The Hall–Kier alpha value is -1.60. The third kappa shape index (κ3) is 4.01. The summed E-state index contributed by atoms with van der Waals surface area (Å²) in [6, 6.07) is 7.11. The zero-order valence-electron chi connectivity index (χ0n) is 11.0. The highest BCUT2D eigenvalue weighted by Gasteiger charge is 2.14. The maximum atomic E-state index is 13.7. The lowest BCUT2D eigenvalue weighted by Gasteiger charge is -2.16. The number of nitrogens with zero attached hydrogens (tertiary/aromatic N) is 1. The van der Waals surface area contributed by atoms with Crippen molar-refractivity contribution in [3.63, 3.8) is 0 Å². The molecule has 3 nitrogen and oxygen atoms in total. The molecule has 0 aromatic heterocycles. The zero-order chi connectivity index (χ0) is 13.5. The molecule has 0 amide bonds. The number of para-hydroxylation sites is 1. The highest BCUT2D eigenvalue weighted by molar-refractivity contribution is 5.35. The zero-order valence-corrected chi connectivity index (χ0v) is 11.0. The normalized spacial score (nSPS) is 12.2. The van der Waals surface area contributed by atoms with Gasteiger partial charge in [0.15, 0.2) is 17.7 Å². The van der Waals surface area contributed by atoms with Gasteiger partial charge in [-0.1, -0.05) is 32.9 Å². The first-order valence-electron chi connectivity index (χ1n) is 6.15. The van der Waals surface area contributed by atoms with Crippen LogP contribution in [-0.2, 0) is 6.54 Å². The van der Waals surface area contributed by atoms with Crippen LogP contribution in [0, 0.1) is 17.1 Å². The molecule has 98 valence electrons. The third-order valence-corrected chi connectivity index (χ3v) is 2.52. The fraction of sp³-hybridized carbons (Fsp3) is 0.500. The Kier molecular flexibility index (Phi) is 5.60. The predicted molar refractivity (Wildman–Crippen MR) is 68.7 cm³/mol. The van der Waals surface area contributed by atoms with Crippen molar-refractivity contribution in [2.24, 2.45) is 0 Å². The number of ether oxygens (including phenoxy) is 1. The molecule has 1 aromatic rings. The fourth-order valence-corrected chi connectivity index (χ4v) is 1.48. The quantitative estimate of drug-likeness (QED) is 0.844. The molecular weight excluding hydrogens is 231 g/mol. The molecule has 0 bridgehead atoms. The SMILES string of the molecule is CCC(C#N)Oc1c(F)cccc1CNC(C)C. The van der Waals surface area contributed by atoms with Crippen molar-refractivity contribution < 1.29 is 9.13 Å². The number of rotatable bonds is 6. The third-order valence-electron chi connectivity index (χ3n) is 2.52. The maximum absolute atomic E-state index is 13.7. The first-order chi connectivity index (χ1) is 8.58. The monoisotopic (exact) mass is 250 g/mol. The standard InChI is InChI=1S/C14H19FN2O/c1-4-12(8-16)18-14-11(9-17-10(2)3)6-5-7-13(14)15/h5-7,10,12,17H,4,9H2,1-3H3. The highest BCUT2D eigenvalue weighted by atomic mass is 19.1. The van der Waals surface area contributed by atoms with Gasteiger partial charge in [0.05, 0.1) is 0 Å². The number of hydrogen-bond donors (Lipinski definition) is 1. The molecule has 0 radical (unpaired) electrons. The topological polar surface area (TPSA) is 45.0 Å².